The summed E-state index contributed by atoms with van der Waals surface area (Å²) in [6, 6.07) is 0. The minimum absolute atomic E-state index is 0.0285. The van der Waals surface area contributed by atoms with E-state index < -0.39 is 15.5 Å². The Morgan fingerprint density at radius 2 is 2.19 bits per heavy atom. The van der Waals surface area contributed by atoms with Gasteiger partial charge in [0.05, 0.1) is 0 Å². The molecule has 5 heteroatoms. The largest absolute Gasteiger partial charge is 0.316 e. The molecule has 1 saturated heterocycles. The van der Waals surface area contributed by atoms with Crippen molar-refractivity contribution in [3.63, 3.8) is 0 Å². The average molecular weight is 251 g/mol. The first-order valence-electron chi connectivity index (χ1n) is 5.89. The van der Waals surface area contributed by atoms with Crippen LogP contribution in [0.15, 0.2) is 0 Å². The lowest BCUT2D eigenvalue weighted by molar-refractivity contribution is 0.0732. The Kier molecular flexibility index (Phi) is 4.73. The summed E-state index contributed by atoms with van der Waals surface area (Å²) in [4.78, 5) is 0. The predicted molar refractivity (Wildman–Crippen MR) is 64.1 cm³/mol. The Bertz CT molecular complexity index is 308. The Hall–Kier alpha value is -0.160. The van der Waals surface area contributed by atoms with Crippen molar-refractivity contribution in [1.82, 2.24) is 5.32 Å². The number of alkyl halides is 1. The number of hydrogen-bond donors (Lipinski definition) is 1. The molecule has 2 unspecified atom stereocenters. The minimum Gasteiger partial charge on any atom is -0.316 e. The molecule has 1 rings (SSSR count). The van der Waals surface area contributed by atoms with E-state index in [4.69, 9.17) is 0 Å². The summed E-state index contributed by atoms with van der Waals surface area (Å²) in [5.41, 5.74) is -1.24. The standard InChI is InChI=1S/C11H22FNO2S/c1-11(12,6-4-8-16(2,14)15)10-5-3-7-13-9-10/h10,13H,3-9H2,1-2H3. The third-order valence-corrected chi connectivity index (χ3v) is 4.36. The third kappa shape index (κ3) is 4.78. The quantitative estimate of drug-likeness (QED) is 0.806. The maximum atomic E-state index is 14.3. The van der Waals surface area contributed by atoms with Crippen LogP contribution >= 0.6 is 0 Å². The monoisotopic (exact) mass is 251 g/mol. The van der Waals surface area contributed by atoms with Crippen LogP contribution in [0.5, 0.6) is 0 Å². The van der Waals surface area contributed by atoms with E-state index in [0.717, 1.165) is 19.4 Å². The van der Waals surface area contributed by atoms with E-state index in [0.29, 0.717) is 19.4 Å². The number of hydrogen-bond acceptors (Lipinski definition) is 3. The molecular formula is C11H22FNO2S. The molecule has 1 heterocycles. The van der Waals surface area contributed by atoms with Crippen LogP contribution in [0.3, 0.4) is 0 Å². The van der Waals surface area contributed by atoms with E-state index in [1.165, 1.54) is 6.26 Å². The summed E-state index contributed by atoms with van der Waals surface area (Å²) in [6.45, 7) is 3.29. The van der Waals surface area contributed by atoms with Gasteiger partial charge in [-0.1, -0.05) is 0 Å². The number of halogens is 1. The molecule has 0 amide bonds. The summed E-state index contributed by atoms with van der Waals surface area (Å²) in [6.07, 6.45) is 3.87. The van der Waals surface area contributed by atoms with E-state index in [9.17, 15) is 12.8 Å². The van der Waals surface area contributed by atoms with E-state index in [1.807, 2.05) is 0 Å². The van der Waals surface area contributed by atoms with Crippen molar-refractivity contribution in [3.05, 3.63) is 0 Å². The second-order valence-corrected chi connectivity index (χ2v) is 7.31. The van der Waals surface area contributed by atoms with Gasteiger partial charge in [0.15, 0.2) is 0 Å². The molecule has 3 nitrogen and oxygen atoms in total. The molecule has 0 radical (unpaired) electrons. The smallest absolute Gasteiger partial charge is 0.147 e. The molecule has 0 bridgehead atoms. The van der Waals surface area contributed by atoms with Crippen LogP contribution in [0, 0.1) is 5.92 Å². The van der Waals surface area contributed by atoms with Crippen molar-refractivity contribution in [3.8, 4) is 0 Å². The molecule has 96 valence electrons. The van der Waals surface area contributed by atoms with Gasteiger partial charge in [-0.2, -0.15) is 0 Å². The van der Waals surface area contributed by atoms with Gasteiger partial charge >= 0.3 is 0 Å². The van der Waals surface area contributed by atoms with Gasteiger partial charge in [0, 0.05) is 24.5 Å². The number of sulfone groups is 1. The molecule has 0 aromatic heterocycles. The van der Waals surface area contributed by atoms with E-state index in [2.05, 4.69) is 5.32 Å². The van der Waals surface area contributed by atoms with Gasteiger partial charge in [-0.15, -0.1) is 0 Å². The molecule has 0 aromatic rings. The normalized spacial score (nSPS) is 26.3. The van der Waals surface area contributed by atoms with Gasteiger partial charge in [0.1, 0.15) is 15.5 Å². The lowest BCUT2D eigenvalue weighted by atomic mass is 9.82. The molecule has 0 aliphatic carbocycles. The highest BCUT2D eigenvalue weighted by atomic mass is 32.2. The lowest BCUT2D eigenvalue weighted by Gasteiger charge is -2.33. The molecular weight excluding hydrogens is 229 g/mol. The number of nitrogens with one attached hydrogen (secondary N) is 1. The van der Waals surface area contributed by atoms with Crippen LogP contribution in [-0.4, -0.2) is 39.2 Å². The fraction of sp³-hybridized carbons (Fsp3) is 1.00. The zero-order chi connectivity index (χ0) is 12.2. The number of rotatable bonds is 5. The van der Waals surface area contributed by atoms with Crippen molar-refractivity contribution in [2.45, 2.75) is 38.3 Å². The molecule has 1 aliphatic heterocycles. The van der Waals surface area contributed by atoms with E-state index in [1.54, 1.807) is 6.92 Å². The first-order valence-corrected chi connectivity index (χ1v) is 7.95. The molecule has 1 N–H and O–H groups in total. The van der Waals surface area contributed by atoms with Crippen LogP contribution in [0.25, 0.3) is 0 Å². The third-order valence-electron chi connectivity index (χ3n) is 3.33. The SMILES string of the molecule is CC(F)(CCCS(C)(=O)=O)C1CCCNC1. The number of piperidine rings is 1. The average Bonchev–Trinajstić information content (AvgIpc) is 2.17. The Morgan fingerprint density at radius 3 is 2.69 bits per heavy atom. The van der Waals surface area contributed by atoms with Crippen molar-refractivity contribution >= 4 is 9.84 Å². The highest BCUT2D eigenvalue weighted by Crippen LogP contribution is 2.31. The fourth-order valence-electron chi connectivity index (χ4n) is 2.25. The fourth-order valence-corrected chi connectivity index (χ4v) is 2.92. The second kappa shape index (κ2) is 5.45. The van der Waals surface area contributed by atoms with Gasteiger partial charge in [-0.05, 0) is 39.2 Å². The Morgan fingerprint density at radius 1 is 1.50 bits per heavy atom. The van der Waals surface area contributed by atoms with Crippen LogP contribution in [-0.2, 0) is 9.84 Å². The van der Waals surface area contributed by atoms with Crippen molar-refractivity contribution in [2.24, 2.45) is 5.92 Å². The van der Waals surface area contributed by atoms with Crippen LogP contribution in [0.4, 0.5) is 4.39 Å². The maximum absolute atomic E-state index is 14.3. The topological polar surface area (TPSA) is 46.2 Å². The van der Waals surface area contributed by atoms with Crippen LogP contribution < -0.4 is 5.32 Å². The maximum Gasteiger partial charge on any atom is 0.147 e. The molecule has 0 spiro atoms. The minimum atomic E-state index is -2.96. The van der Waals surface area contributed by atoms with Crippen molar-refractivity contribution in [1.29, 1.82) is 0 Å². The summed E-state index contributed by atoms with van der Waals surface area (Å²) < 4.78 is 36.2. The van der Waals surface area contributed by atoms with Crippen molar-refractivity contribution in [2.75, 3.05) is 25.1 Å². The predicted octanol–water partition coefficient (Wildman–Crippen LogP) is 1.54. The molecule has 0 aromatic carbocycles. The first-order chi connectivity index (χ1) is 7.31. The second-order valence-electron chi connectivity index (χ2n) is 5.05. The van der Waals surface area contributed by atoms with Crippen molar-refractivity contribution < 1.29 is 12.8 Å². The Labute approximate surface area is 97.7 Å². The summed E-state index contributed by atoms with van der Waals surface area (Å²) >= 11 is 0. The van der Waals surface area contributed by atoms with Gasteiger partial charge in [0.2, 0.25) is 0 Å². The molecule has 1 fully saturated rings. The van der Waals surface area contributed by atoms with Crippen LogP contribution in [0.2, 0.25) is 0 Å². The van der Waals surface area contributed by atoms with Gasteiger partial charge in [0.25, 0.3) is 0 Å². The molecule has 16 heavy (non-hydrogen) atoms. The summed E-state index contributed by atoms with van der Waals surface area (Å²) in [5.74, 6) is 0.118. The molecule has 1 aliphatic rings. The zero-order valence-electron chi connectivity index (χ0n) is 10.1. The molecule has 2 atom stereocenters. The van der Waals surface area contributed by atoms with E-state index in [-0.39, 0.29) is 11.7 Å². The van der Waals surface area contributed by atoms with Gasteiger partial charge in [-0.25, -0.2) is 12.8 Å². The highest BCUT2D eigenvalue weighted by molar-refractivity contribution is 7.90. The summed E-state index contributed by atoms with van der Waals surface area (Å²) in [7, 11) is -2.96. The Balaban J connectivity index is 2.38. The molecule has 0 saturated carbocycles. The van der Waals surface area contributed by atoms with Gasteiger partial charge in [-0.3, -0.25) is 0 Å². The van der Waals surface area contributed by atoms with Crippen LogP contribution in [0.1, 0.15) is 32.6 Å². The first kappa shape index (κ1) is 13.9. The van der Waals surface area contributed by atoms with E-state index >= 15 is 0 Å². The summed E-state index contributed by atoms with van der Waals surface area (Å²) in [5, 5.41) is 3.19. The highest BCUT2D eigenvalue weighted by Gasteiger charge is 2.34. The van der Waals surface area contributed by atoms with Gasteiger partial charge < -0.3 is 5.32 Å². The zero-order valence-corrected chi connectivity index (χ0v) is 10.9. The lowest BCUT2D eigenvalue weighted by Crippen LogP contribution is -2.41.